The van der Waals surface area contributed by atoms with Crippen LogP contribution in [-0.4, -0.2) is 87.0 Å². The van der Waals surface area contributed by atoms with Gasteiger partial charge >= 0.3 is 0 Å². The highest BCUT2D eigenvalue weighted by Crippen LogP contribution is 2.49. The van der Waals surface area contributed by atoms with Crippen LogP contribution in [0.1, 0.15) is 18.0 Å². The van der Waals surface area contributed by atoms with Crippen molar-refractivity contribution >= 4 is 11.6 Å². The Balaban J connectivity index is 1.52. The summed E-state index contributed by atoms with van der Waals surface area (Å²) in [6.07, 6.45) is 0.896. The average molecular weight is 452 g/mol. The molecule has 0 unspecified atom stereocenters. The van der Waals surface area contributed by atoms with Gasteiger partial charge in [-0.25, -0.2) is 0 Å². The standard InChI is InChI=1S/C26H33N3O4/c1-27-22-8-7-18(19-5-3-4-6-24(19)32-2)15-21(22)26-20(23(27)17-30)9-10-29(26)25(31)16-28-11-13-33-14-12-28/h3-8,15,20,23,26,30H,9-14,16-17H2,1-2H3/t20-,23+,26-/m1/s1. The number of rotatable bonds is 5. The lowest BCUT2D eigenvalue weighted by Crippen LogP contribution is -2.50. The van der Waals surface area contributed by atoms with E-state index in [9.17, 15) is 9.90 Å². The number of hydrogen-bond donors (Lipinski definition) is 1. The van der Waals surface area contributed by atoms with E-state index in [-0.39, 0.29) is 30.5 Å². The van der Waals surface area contributed by atoms with E-state index in [0.29, 0.717) is 19.8 Å². The van der Waals surface area contributed by atoms with E-state index in [2.05, 4.69) is 46.0 Å². The molecular formula is C26H33N3O4. The number of likely N-dealkylation sites (tertiary alicyclic amines) is 1. The van der Waals surface area contributed by atoms with Crippen LogP contribution < -0.4 is 9.64 Å². The zero-order valence-corrected chi connectivity index (χ0v) is 19.4. The Morgan fingerprint density at radius 2 is 1.94 bits per heavy atom. The predicted molar refractivity (Wildman–Crippen MR) is 128 cm³/mol. The molecule has 3 aliphatic rings. The summed E-state index contributed by atoms with van der Waals surface area (Å²) in [5, 5.41) is 10.2. The van der Waals surface area contributed by atoms with Gasteiger partial charge in [-0.2, -0.15) is 0 Å². The first-order valence-electron chi connectivity index (χ1n) is 11.8. The first kappa shape index (κ1) is 22.2. The molecule has 2 saturated heterocycles. The normalized spacial score (nSPS) is 25.0. The fourth-order valence-corrected chi connectivity index (χ4v) is 5.83. The number of para-hydroxylation sites is 1. The van der Waals surface area contributed by atoms with Gasteiger partial charge < -0.3 is 24.4 Å². The SMILES string of the molecule is COc1ccccc1-c1ccc2c(c1)[C@H]1[C@H](CCN1C(=O)CN1CCOCC1)[C@H](CO)N2C. The lowest BCUT2D eigenvalue weighted by Gasteiger charge is -2.45. The van der Waals surface area contributed by atoms with Crippen LogP contribution in [0.2, 0.25) is 0 Å². The van der Waals surface area contributed by atoms with Gasteiger partial charge in [-0.3, -0.25) is 9.69 Å². The summed E-state index contributed by atoms with van der Waals surface area (Å²) >= 11 is 0. The summed E-state index contributed by atoms with van der Waals surface area (Å²) in [6.45, 7) is 4.18. The first-order valence-corrected chi connectivity index (χ1v) is 11.8. The van der Waals surface area contributed by atoms with Crippen molar-refractivity contribution in [3.63, 3.8) is 0 Å². The minimum absolute atomic E-state index is 0.000739. The molecule has 0 bridgehead atoms. The van der Waals surface area contributed by atoms with Gasteiger partial charge in [0, 0.05) is 43.9 Å². The average Bonchev–Trinajstić information content (AvgIpc) is 3.30. The first-order chi connectivity index (χ1) is 16.1. The minimum Gasteiger partial charge on any atom is -0.496 e. The molecule has 3 aliphatic heterocycles. The quantitative estimate of drug-likeness (QED) is 0.753. The van der Waals surface area contributed by atoms with Crippen LogP contribution in [0.15, 0.2) is 42.5 Å². The second-order valence-electron chi connectivity index (χ2n) is 9.21. The van der Waals surface area contributed by atoms with Gasteiger partial charge in [0.15, 0.2) is 0 Å². The molecular weight excluding hydrogens is 418 g/mol. The van der Waals surface area contributed by atoms with Gasteiger partial charge in [-0.1, -0.05) is 24.3 Å². The Kier molecular flexibility index (Phi) is 6.27. The largest absolute Gasteiger partial charge is 0.496 e. The third-order valence-corrected chi connectivity index (χ3v) is 7.55. The molecule has 2 aromatic carbocycles. The number of carbonyl (C=O) groups is 1. The van der Waals surface area contributed by atoms with E-state index < -0.39 is 0 Å². The second kappa shape index (κ2) is 9.33. The summed E-state index contributed by atoms with van der Waals surface area (Å²) in [5.74, 6) is 1.20. The molecule has 2 fully saturated rings. The monoisotopic (exact) mass is 451 g/mol. The van der Waals surface area contributed by atoms with Gasteiger partial charge in [0.2, 0.25) is 5.91 Å². The van der Waals surface area contributed by atoms with E-state index in [0.717, 1.165) is 54.2 Å². The fourth-order valence-electron chi connectivity index (χ4n) is 5.83. The van der Waals surface area contributed by atoms with E-state index >= 15 is 0 Å². The zero-order chi connectivity index (χ0) is 22.9. The summed E-state index contributed by atoms with van der Waals surface area (Å²) in [5.41, 5.74) is 4.35. The molecule has 5 rings (SSSR count). The number of fused-ring (bicyclic) bond motifs is 3. The number of hydrogen-bond acceptors (Lipinski definition) is 6. The molecule has 3 heterocycles. The fraction of sp³-hybridized carbons (Fsp3) is 0.500. The van der Waals surface area contributed by atoms with Crippen molar-refractivity contribution in [3.8, 4) is 16.9 Å². The Morgan fingerprint density at radius 1 is 1.15 bits per heavy atom. The van der Waals surface area contributed by atoms with Crippen molar-refractivity contribution in [2.75, 3.05) is 65.1 Å². The molecule has 3 atom stereocenters. The lowest BCUT2D eigenvalue weighted by atomic mass is 9.81. The van der Waals surface area contributed by atoms with Gasteiger partial charge in [0.05, 0.1) is 45.6 Å². The van der Waals surface area contributed by atoms with Gasteiger partial charge in [0.1, 0.15) is 5.75 Å². The van der Waals surface area contributed by atoms with E-state index in [4.69, 9.17) is 9.47 Å². The van der Waals surface area contributed by atoms with Crippen LogP contribution in [0.3, 0.4) is 0 Å². The van der Waals surface area contributed by atoms with Gasteiger partial charge in [0.25, 0.3) is 0 Å². The van der Waals surface area contributed by atoms with Crippen molar-refractivity contribution in [2.45, 2.75) is 18.5 Å². The molecule has 0 saturated carbocycles. The highest BCUT2D eigenvalue weighted by atomic mass is 16.5. The zero-order valence-electron chi connectivity index (χ0n) is 19.4. The maximum absolute atomic E-state index is 13.5. The van der Waals surface area contributed by atoms with Crippen molar-refractivity contribution in [1.29, 1.82) is 0 Å². The van der Waals surface area contributed by atoms with Crippen LogP contribution in [0, 0.1) is 5.92 Å². The van der Waals surface area contributed by atoms with Crippen molar-refractivity contribution < 1.29 is 19.4 Å². The minimum atomic E-state index is -0.0310. The smallest absolute Gasteiger partial charge is 0.237 e. The maximum atomic E-state index is 13.5. The Morgan fingerprint density at radius 3 is 2.70 bits per heavy atom. The Hall–Kier alpha value is -2.61. The number of aliphatic hydroxyl groups is 1. The van der Waals surface area contributed by atoms with Crippen LogP contribution in [0.4, 0.5) is 5.69 Å². The van der Waals surface area contributed by atoms with Crippen molar-refractivity contribution in [1.82, 2.24) is 9.80 Å². The van der Waals surface area contributed by atoms with Crippen LogP contribution in [0.5, 0.6) is 5.75 Å². The summed E-state index contributed by atoms with van der Waals surface area (Å²) in [7, 11) is 3.74. The summed E-state index contributed by atoms with van der Waals surface area (Å²) in [6, 6.07) is 14.4. The van der Waals surface area contributed by atoms with Crippen LogP contribution in [0.25, 0.3) is 11.1 Å². The Bertz CT molecular complexity index is 1010. The lowest BCUT2D eigenvalue weighted by molar-refractivity contribution is -0.135. The van der Waals surface area contributed by atoms with E-state index in [1.165, 1.54) is 0 Å². The molecule has 0 radical (unpaired) electrons. The van der Waals surface area contributed by atoms with E-state index in [1.54, 1.807) is 7.11 Å². The molecule has 0 aliphatic carbocycles. The van der Waals surface area contributed by atoms with Crippen molar-refractivity contribution in [2.24, 2.45) is 5.92 Å². The predicted octanol–water partition coefficient (Wildman–Crippen LogP) is 2.39. The second-order valence-corrected chi connectivity index (χ2v) is 9.21. The maximum Gasteiger partial charge on any atom is 0.237 e. The topological polar surface area (TPSA) is 65.5 Å². The molecule has 33 heavy (non-hydrogen) atoms. The highest BCUT2D eigenvalue weighted by Gasteiger charge is 2.47. The summed E-state index contributed by atoms with van der Waals surface area (Å²) in [4.78, 5) is 19.9. The van der Waals surface area contributed by atoms with Crippen LogP contribution >= 0.6 is 0 Å². The molecule has 7 heteroatoms. The highest BCUT2D eigenvalue weighted by molar-refractivity contribution is 5.81. The molecule has 2 aromatic rings. The molecule has 176 valence electrons. The molecule has 7 nitrogen and oxygen atoms in total. The van der Waals surface area contributed by atoms with E-state index in [1.807, 2.05) is 18.2 Å². The number of ether oxygens (including phenoxy) is 2. The van der Waals surface area contributed by atoms with Crippen LogP contribution in [-0.2, 0) is 9.53 Å². The van der Waals surface area contributed by atoms with Crippen molar-refractivity contribution in [3.05, 3.63) is 48.0 Å². The Labute approximate surface area is 195 Å². The number of carbonyl (C=O) groups excluding carboxylic acids is 1. The van der Waals surface area contributed by atoms with Gasteiger partial charge in [-0.05, 0) is 35.7 Å². The summed E-state index contributed by atoms with van der Waals surface area (Å²) < 4.78 is 11.0. The number of morpholine rings is 1. The molecule has 0 spiro atoms. The third kappa shape index (κ3) is 3.98. The number of aliphatic hydroxyl groups excluding tert-OH is 1. The molecule has 1 N–H and O–H groups in total. The number of anilines is 1. The molecule has 1 amide bonds. The third-order valence-electron chi connectivity index (χ3n) is 7.55. The number of nitrogens with zero attached hydrogens (tertiary/aromatic N) is 3. The number of methoxy groups -OCH3 is 1. The number of amides is 1. The molecule has 0 aromatic heterocycles. The van der Waals surface area contributed by atoms with Gasteiger partial charge in [-0.15, -0.1) is 0 Å². The number of benzene rings is 2. The number of likely N-dealkylation sites (N-methyl/N-ethyl adjacent to an activating group) is 1.